The molecule has 0 radical (unpaired) electrons. The summed E-state index contributed by atoms with van der Waals surface area (Å²) in [4.78, 5) is 0. The quantitative estimate of drug-likeness (QED) is 0.891. The Bertz CT molecular complexity index is 570. The Morgan fingerprint density at radius 1 is 1.11 bits per heavy atom. The first-order valence-corrected chi connectivity index (χ1v) is 6.49. The Morgan fingerprint density at radius 3 is 2.50 bits per heavy atom. The smallest absolute Gasteiger partial charge is 0.126 e. The minimum absolute atomic E-state index is 0.374. The second-order valence-corrected chi connectivity index (χ2v) is 5.20. The summed E-state index contributed by atoms with van der Waals surface area (Å²) >= 11 is 0. The van der Waals surface area contributed by atoms with Crippen LogP contribution in [0.3, 0.4) is 0 Å². The Balaban J connectivity index is 1.96. The van der Waals surface area contributed by atoms with Crippen LogP contribution in [0.5, 0.6) is 5.75 Å². The van der Waals surface area contributed by atoms with E-state index in [1.54, 1.807) is 7.11 Å². The van der Waals surface area contributed by atoms with Crippen molar-refractivity contribution in [2.75, 3.05) is 7.11 Å². The summed E-state index contributed by atoms with van der Waals surface area (Å²) in [5.74, 6) is 0.916. The molecule has 1 aliphatic rings. The second kappa shape index (κ2) is 4.29. The van der Waals surface area contributed by atoms with Gasteiger partial charge in [-0.05, 0) is 42.7 Å². The molecule has 0 unspecified atom stereocenters. The van der Waals surface area contributed by atoms with Crippen LogP contribution in [0.15, 0.2) is 36.4 Å². The molecule has 94 valence electrons. The van der Waals surface area contributed by atoms with Crippen molar-refractivity contribution in [3.8, 4) is 5.75 Å². The fourth-order valence-corrected chi connectivity index (χ4v) is 2.49. The largest absolute Gasteiger partial charge is 0.496 e. The van der Waals surface area contributed by atoms with E-state index >= 15 is 0 Å². The average Bonchev–Trinajstić information content (AvgIpc) is 3.14. The van der Waals surface area contributed by atoms with Crippen LogP contribution in [-0.4, -0.2) is 17.8 Å². The SMILES string of the molecule is COc1ccc(CCC2(O)CC2)c2ccccc12. The van der Waals surface area contributed by atoms with Crippen molar-refractivity contribution < 1.29 is 9.84 Å². The molecule has 1 saturated carbocycles. The molecule has 1 fully saturated rings. The number of ether oxygens (including phenoxy) is 1. The summed E-state index contributed by atoms with van der Waals surface area (Å²) in [5.41, 5.74) is 0.924. The molecule has 2 heteroatoms. The molecule has 2 aromatic rings. The van der Waals surface area contributed by atoms with E-state index in [1.165, 1.54) is 10.9 Å². The van der Waals surface area contributed by atoms with Gasteiger partial charge in [0.2, 0.25) is 0 Å². The molecule has 0 aromatic heterocycles. The molecule has 0 heterocycles. The van der Waals surface area contributed by atoms with Gasteiger partial charge in [-0.3, -0.25) is 0 Å². The Kier molecular flexibility index (Phi) is 2.75. The van der Waals surface area contributed by atoms with E-state index < -0.39 is 0 Å². The summed E-state index contributed by atoms with van der Waals surface area (Å²) in [6.07, 6.45) is 3.71. The molecule has 0 saturated heterocycles. The summed E-state index contributed by atoms with van der Waals surface area (Å²) in [6, 6.07) is 12.4. The van der Waals surface area contributed by atoms with Crippen molar-refractivity contribution >= 4 is 10.8 Å². The molecule has 1 aliphatic carbocycles. The molecule has 2 aromatic carbocycles. The first-order valence-electron chi connectivity index (χ1n) is 6.49. The molecule has 0 spiro atoms. The third-order valence-electron chi connectivity index (χ3n) is 3.88. The summed E-state index contributed by atoms with van der Waals surface area (Å²) < 4.78 is 5.39. The minimum atomic E-state index is -0.374. The highest BCUT2D eigenvalue weighted by Crippen LogP contribution is 2.40. The molecule has 0 atom stereocenters. The van der Waals surface area contributed by atoms with Crippen molar-refractivity contribution in [2.24, 2.45) is 0 Å². The molecule has 2 nitrogen and oxygen atoms in total. The van der Waals surface area contributed by atoms with Gasteiger partial charge in [0, 0.05) is 5.39 Å². The average molecular weight is 242 g/mol. The number of aliphatic hydroxyl groups is 1. The molecule has 0 aliphatic heterocycles. The third kappa shape index (κ3) is 2.08. The maximum Gasteiger partial charge on any atom is 0.126 e. The van der Waals surface area contributed by atoms with Crippen LogP contribution >= 0.6 is 0 Å². The van der Waals surface area contributed by atoms with Gasteiger partial charge in [0.05, 0.1) is 12.7 Å². The standard InChI is InChI=1S/C16H18O2/c1-18-15-7-6-12(8-9-16(17)10-11-16)13-4-2-3-5-14(13)15/h2-7,17H,8-11H2,1H3. The third-order valence-corrected chi connectivity index (χ3v) is 3.88. The molecule has 0 amide bonds. The van der Waals surface area contributed by atoms with Crippen LogP contribution in [-0.2, 0) is 6.42 Å². The van der Waals surface area contributed by atoms with Gasteiger partial charge in [-0.2, -0.15) is 0 Å². The molecular formula is C16H18O2. The monoisotopic (exact) mass is 242 g/mol. The lowest BCUT2D eigenvalue weighted by Gasteiger charge is -2.12. The molecular weight excluding hydrogens is 224 g/mol. The first-order chi connectivity index (χ1) is 8.72. The Labute approximate surface area is 107 Å². The number of hydrogen-bond acceptors (Lipinski definition) is 2. The van der Waals surface area contributed by atoms with Crippen LogP contribution in [0.1, 0.15) is 24.8 Å². The number of rotatable bonds is 4. The van der Waals surface area contributed by atoms with Gasteiger partial charge in [0.15, 0.2) is 0 Å². The normalized spacial score (nSPS) is 16.8. The van der Waals surface area contributed by atoms with Gasteiger partial charge < -0.3 is 9.84 Å². The molecule has 18 heavy (non-hydrogen) atoms. The lowest BCUT2D eigenvalue weighted by Crippen LogP contribution is -2.07. The van der Waals surface area contributed by atoms with Gasteiger partial charge >= 0.3 is 0 Å². The van der Waals surface area contributed by atoms with E-state index in [-0.39, 0.29) is 5.60 Å². The Morgan fingerprint density at radius 2 is 1.83 bits per heavy atom. The van der Waals surface area contributed by atoms with E-state index in [0.29, 0.717) is 0 Å². The van der Waals surface area contributed by atoms with E-state index in [1.807, 2.05) is 12.1 Å². The minimum Gasteiger partial charge on any atom is -0.496 e. The van der Waals surface area contributed by atoms with Gasteiger partial charge in [-0.1, -0.05) is 30.3 Å². The van der Waals surface area contributed by atoms with E-state index in [2.05, 4.69) is 24.3 Å². The second-order valence-electron chi connectivity index (χ2n) is 5.20. The van der Waals surface area contributed by atoms with Crippen molar-refractivity contribution in [3.63, 3.8) is 0 Å². The van der Waals surface area contributed by atoms with E-state index in [9.17, 15) is 5.11 Å². The van der Waals surface area contributed by atoms with Crippen LogP contribution in [0.4, 0.5) is 0 Å². The lowest BCUT2D eigenvalue weighted by atomic mass is 9.98. The highest BCUT2D eigenvalue weighted by molar-refractivity contribution is 5.91. The van der Waals surface area contributed by atoms with Gasteiger partial charge in [-0.25, -0.2) is 0 Å². The topological polar surface area (TPSA) is 29.5 Å². The lowest BCUT2D eigenvalue weighted by molar-refractivity contribution is 0.140. The number of aryl methyl sites for hydroxylation is 1. The zero-order valence-corrected chi connectivity index (χ0v) is 10.6. The maximum absolute atomic E-state index is 9.94. The first kappa shape index (κ1) is 11.5. The molecule has 0 bridgehead atoms. The predicted octanol–water partition coefficient (Wildman–Crippen LogP) is 3.31. The number of fused-ring (bicyclic) bond motifs is 1. The number of hydrogen-bond donors (Lipinski definition) is 1. The summed E-state index contributed by atoms with van der Waals surface area (Å²) in [5, 5.41) is 12.3. The van der Waals surface area contributed by atoms with Crippen LogP contribution in [0.25, 0.3) is 10.8 Å². The van der Waals surface area contributed by atoms with E-state index in [0.717, 1.165) is 36.8 Å². The molecule has 3 rings (SSSR count). The van der Waals surface area contributed by atoms with Gasteiger partial charge in [-0.15, -0.1) is 0 Å². The van der Waals surface area contributed by atoms with Crippen molar-refractivity contribution in [1.29, 1.82) is 0 Å². The summed E-state index contributed by atoms with van der Waals surface area (Å²) in [7, 11) is 1.70. The van der Waals surface area contributed by atoms with Crippen molar-refractivity contribution in [3.05, 3.63) is 42.0 Å². The maximum atomic E-state index is 9.94. The number of methoxy groups -OCH3 is 1. The fraction of sp³-hybridized carbons (Fsp3) is 0.375. The zero-order valence-electron chi connectivity index (χ0n) is 10.6. The highest BCUT2D eigenvalue weighted by Gasteiger charge is 2.39. The fourth-order valence-electron chi connectivity index (χ4n) is 2.49. The Hall–Kier alpha value is -1.54. The predicted molar refractivity (Wildman–Crippen MR) is 73.0 cm³/mol. The van der Waals surface area contributed by atoms with E-state index in [4.69, 9.17) is 4.74 Å². The van der Waals surface area contributed by atoms with Gasteiger partial charge in [0.25, 0.3) is 0 Å². The van der Waals surface area contributed by atoms with Crippen LogP contribution in [0.2, 0.25) is 0 Å². The molecule has 1 N–H and O–H groups in total. The summed E-state index contributed by atoms with van der Waals surface area (Å²) in [6.45, 7) is 0. The van der Waals surface area contributed by atoms with Gasteiger partial charge in [0.1, 0.15) is 5.75 Å². The van der Waals surface area contributed by atoms with Crippen LogP contribution < -0.4 is 4.74 Å². The van der Waals surface area contributed by atoms with Crippen molar-refractivity contribution in [2.45, 2.75) is 31.3 Å². The van der Waals surface area contributed by atoms with Crippen molar-refractivity contribution in [1.82, 2.24) is 0 Å². The zero-order chi connectivity index (χ0) is 12.6. The number of benzene rings is 2. The highest BCUT2D eigenvalue weighted by atomic mass is 16.5. The van der Waals surface area contributed by atoms with Crippen LogP contribution in [0, 0.1) is 0 Å².